The molecule has 0 aromatic heterocycles. The molecule has 0 aliphatic rings. The minimum atomic E-state index is -0.348. The molecule has 0 spiro atoms. The summed E-state index contributed by atoms with van der Waals surface area (Å²) in [6.45, 7) is 9.35. The van der Waals surface area contributed by atoms with Gasteiger partial charge in [-0.15, -0.1) is 0 Å². The van der Waals surface area contributed by atoms with Crippen molar-refractivity contribution >= 4 is 98.7 Å². The van der Waals surface area contributed by atoms with Gasteiger partial charge < -0.3 is 5.32 Å². The van der Waals surface area contributed by atoms with E-state index in [2.05, 4.69) is 324 Å². The number of hydrogen-bond acceptors (Lipinski definition) is 1. The van der Waals surface area contributed by atoms with E-state index in [1.54, 1.807) is 0 Å². The van der Waals surface area contributed by atoms with Crippen LogP contribution < -0.4 is 53.1 Å². The van der Waals surface area contributed by atoms with Crippen LogP contribution in [-0.2, 0) is 17.1 Å². The standard InChI is InChI=1S/2C26H24P2.C18H24NP.Cu/c2*1-5-13-23(14-6-1)27(24-15-7-2-8-16-24)21-22-28(25-17-9-3-10-18-25)26-19-11-4-12-20-26;1-14(2)20(15(3)4)18-13-9-8-12-17(18)19-16-10-6-5-7-11-16;/h2*1-20H,21-22H2;5-15,19H,1-4H3;/q;;;+2. The Kier molecular flexibility index (Phi) is 25.1. The van der Waals surface area contributed by atoms with E-state index in [0.29, 0.717) is 11.3 Å². The van der Waals surface area contributed by atoms with Gasteiger partial charge in [0.2, 0.25) is 0 Å². The first-order valence-corrected chi connectivity index (χ1v) is 34.2. The molecule has 0 fully saturated rings. The maximum Gasteiger partial charge on any atom is 2.00 e. The van der Waals surface area contributed by atoms with Gasteiger partial charge in [0.1, 0.15) is 0 Å². The largest absolute Gasteiger partial charge is 2.00 e. The van der Waals surface area contributed by atoms with Crippen LogP contribution in [0.5, 0.6) is 0 Å². The van der Waals surface area contributed by atoms with E-state index >= 15 is 0 Å². The third kappa shape index (κ3) is 18.1. The van der Waals surface area contributed by atoms with Crippen molar-refractivity contribution in [2.24, 2.45) is 0 Å². The fraction of sp³-hybridized carbons (Fsp3) is 0.143. The van der Waals surface area contributed by atoms with Crippen molar-refractivity contribution in [3.8, 4) is 0 Å². The van der Waals surface area contributed by atoms with Crippen LogP contribution in [0.15, 0.2) is 297 Å². The molecule has 1 radical (unpaired) electrons. The molecular formula is C70H72CuNP5+2. The molecule has 1 nitrogen and oxygen atoms in total. The van der Waals surface area contributed by atoms with Crippen molar-refractivity contribution in [3.63, 3.8) is 0 Å². The van der Waals surface area contributed by atoms with Gasteiger partial charge in [0.05, 0.1) is 0 Å². The summed E-state index contributed by atoms with van der Waals surface area (Å²) in [5.41, 5.74) is 3.81. The number of hydrogen-bond donors (Lipinski definition) is 1. The molecule has 391 valence electrons. The number of para-hydroxylation sites is 2. The molecule has 0 saturated heterocycles. The first kappa shape index (κ1) is 59.3. The van der Waals surface area contributed by atoms with E-state index in [1.165, 1.54) is 78.1 Å². The maximum atomic E-state index is 3.58. The van der Waals surface area contributed by atoms with Gasteiger partial charge >= 0.3 is 17.1 Å². The molecule has 0 amide bonds. The van der Waals surface area contributed by atoms with Crippen molar-refractivity contribution in [1.29, 1.82) is 0 Å². The van der Waals surface area contributed by atoms with Crippen LogP contribution in [0.2, 0.25) is 0 Å². The zero-order chi connectivity index (χ0) is 52.6. The van der Waals surface area contributed by atoms with Gasteiger partial charge in [-0.1, -0.05) is 315 Å². The van der Waals surface area contributed by atoms with Crippen molar-refractivity contribution in [2.75, 3.05) is 30.0 Å². The summed E-state index contributed by atoms with van der Waals surface area (Å²) >= 11 is 0. The molecule has 77 heavy (non-hydrogen) atoms. The second-order valence-corrected chi connectivity index (χ2v) is 31.6. The van der Waals surface area contributed by atoms with E-state index in [-0.39, 0.29) is 56.7 Å². The SMILES string of the molecule is CC(C)P(c1ccccc1Nc1ccccc1)C(C)C.[Cu+2].c1ccc(P(CCP(c2ccccc2)c2ccccc2)c2ccccc2)cc1.c1ccc(P(CCP(c2ccccc2)c2ccccc2)c2ccccc2)cc1. The fourth-order valence-electron chi connectivity index (χ4n) is 9.53. The van der Waals surface area contributed by atoms with Gasteiger partial charge in [-0.2, -0.15) is 0 Å². The van der Waals surface area contributed by atoms with Gasteiger partial charge in [-0.05, 0) is 134 Å². The Hall–Kier alpha value is -5.33. The zero-order valence-electron chi connectivity index (χ0n) is 44.8. The molecule has 1 N–H and O–H groups in total. The van der Waals surface area contributed by atoms with Gasteiger partial charge in [-0.3, -0.25) is 0 Å². The summed E-state index contributed by atoms with van der Waals surface area (Å²) in [4.78, 5) is 0. The molecular weight excluding hydrogens is 1070 g/mol. The summed E-state index contributed by atoms with van der Waals surface area (Å²) < 4.78 is 0. The van der Waals surface area contributed by atoms with Crippen LogP contribution in [0.3, 0.4) is 0 Å². The van der Waals surface area contributed by atoms with Gasteiger partial charge in [0.15, 0.2) is 0 Å². The molecule has 10 aromatic carbocycles. The summed E-state index contributed by atoms with van der Waals surface area (Å²) in [6, 6.07) is 108. The van der Waals surface area contributed by atoms with Crippen LogP contribution in [0.1, 0.15) is 27.7 Å². The topological polar surface area (TPSA) is 12.0 Å². The number of rotatable bonds is 19. The Morgan fingerprint density at radius 3 is 0.675 bits per heavy atom. The molecule has 0 aliphatic heterocycles. The maximum absolute atomic E-state index is 3.58. The predicted molar refractivity (Wildman–Crippen MR) is 349 cm³/mol. The summed E-state index contributed by atoms with van der Waals surface area (Å²) in [5.74, 6) is 0. The first-order valence-electron chi connectivity index (χ1n) is 26.6. The van der Waals surface area contributed by atoms with E-state index in [9.17, 15) is 0 Å². The third-order valence-electron chi connectivity index (χ3n) is 13.0. The van der Waals surface area contributed by atoms with Crippen LogP contribution in [0.25, 0.3) is 0 Å². The van der Waals surface area contributed by atoms with Crippen molar-refractivity contribution in [2.45, 2.75) is 39.0 Å². The first-order chi connectivity index (χ1) is 37.4. The van der Waals surface area contributed by atoms with E-state index in [0.717, 1.165) is 5.69 Å². The number of nitrogens with one attached hydrogen (secondary N) is 1. The molecule has 10 aromatic rings. The molecule has 0 bridgehead atoms. The number of anilines is 2. The minimum Gasteiger partial charge on any atom is -0.355 e. The van der Waals surface area contributed by atoms with Crippen LogP contribution in [0.4, 0.5) is 11.4 Å². The minimum absolute atomic E-state index is 0. The monoisotopic (exact) mass is 1140 g/mol. The molecule has 7 heteroatoms. The molecule has 0 unspecified atom stereocenters. The molecule has 0 heterocycles. The third-order valence-corrected chi connectivity index (χ3v) is 26.9. The molecule has 0 aliphatic carbocycles. The summed E-state index contributed by atoms with van der Waals surface area (Å²) in [7, 11) is -1.54. The Morgan fingerprint density at radius 1 is 0.260 bits per heavy atom. The van der Waals surface area contributed by atoms with Crippen LogP contribution >= 0.6 is 39.6 Å². The van der Waals surface area contributed by atoms with Gasteiger partial charge in [0.25, 0.3) is 0 Å². The normalized spacial score (nSPS) is 11.0. The van der Waals surface area contributed by atoms with E-state index in [4.69, 9.17) is 0 Å². The van der Waals surface area contributed by atoms with E-state index in [1.807, 2.05) is 6.07 Å². The van der Waals surface area contributed by atoms with Gasteiger partial charge in [0, 0.05) is 11.4 Å². The Morgan fingerprint density at radius 2 is 0.455 bits per heavy atom. The molecule has 0 atom stereocenters. The molecule has 0 saturated carbocycles. The Balaban J connectivity index is 0.000000169. The van der Waals surface area contributed by atoms with Crippen LogP contribution in [0, 0.1) is 0 Å². The second-order valence-electron chi connectivity index (χ2n) is 18.9. The predicted octanol–water partition coefficient (Wildman–Crippen LogP) is 15.9. The van der Waals surface area contributed by atoms with Crippen molar-refractivity contribution < 1.29 is 17.1 Å². The van der Waals surface area contributed by atoms with Crippen LogP contribution in [-0.4, -0.2) is 36.0 Å². The average molecular weight is 1150 g/mol. The average Bonchev–Trinajstić information content (AvgIpc) is 3.48. The Labute approximate surface area is 478 Å². The smallest absolute Gasteiger partial charge is 0.355 e. The quantitative estimate of drug-likeness (QED) is 0.0628. The second kappa shape index (κ2) is 32.5. The van der Waals surface area contributed by atoms with Gasteiger partial charge in [-0.25, -0.2) is 0 Å². The summed E-state index contributed by atoms with van der Waals surface area (Å²) in [5, 5.41) is 16.8. The zero-order valence-corrected chi connectivity index (χ0v) is 50.2. The van der Waals surface area contributed by atoms with Crippen molar-refractivity contribution in [1.82, 2.24) is 0 Å². The van der Waals surface area contributed by atoms with Crippen molar-refractivity contribution in [3.05, 3.63) is 297 Å². The Bertz CT molecular complexity index is 2630. The molecule has 10 rings (SSSR count). The summed E-state index contributed by atoms with van der Waals surface area (Å²) in [6.07, 6.45) is 4.83. The fourth-order valence-corrected chi connectivity index (χ4v) is 23.2. The van der Waals surface area contributed by atoms with E-state index < -0.39 is 0 Å². The number of benzene rings is 10.